The number of aliphatic hydroxyl groups excluding tert-OH is 1. The van der Waals surface area contributed by atoms with Crippen molar-refractivity contribution < 1.29 is 9.90 Å². The Morgan fingerprint density at radius 2 is 1.66 bits per heavy atom. The van der Waals surface area contributed by atoms with Gasteiger partial charge in [-0.2, -0.15) is 0 Å². The van der Waals surface area contributed by atoms with E-state index in [-0.39, 0.29) is 16.7 Å². The van der Waals surface area contributed by atoms with Gasteiger partial charge in [0.15, 0.2) is 0 Å². The molecule has 0 saturated heterocycles. The summed E-state index contributed by atoms with van der Waals surface area (Å²) in [4.78, 5) is 13.3. The Kier molecular flexibility index (Phi) is 8.40. The van der Waals surface area contributed by atoms with E-state index in [4.69, 9.17) is 0 Å². The van der Waals surface area contributed by atoms with Gasteiger partial charge in [0.2, 0.25) is 0 Å². The third kappa shape index (κ3) is 6.34. The van der Waals surface area contributed by atoms with Gasteiger partial charge < -0.3 is 10.4 Å². The Bertz CT molecular complexity index is 1360. The largest absolute Gasteiger partial charge is 0.376 e. The summed E-state index contributed by atoms with van der Waals surface area (Å²) in [6, 6.07) is 20.2. The molecule has 1 unspecified atom stereocenters. The number of aryl methyl sites for hydroxylation is 1. The standard InChI is InChI=1S/C34H39NO2S/c1-7-35-32(37)26-15-12-24(13-16-26)14-17-29(36)27-20-28-31(34(5,6)19-18-33(28,3)4)30(21-27)38-22-25-10-8-23(2)9-11-25/h8-13,15-16,20-21,29,36H,7,18-19,22H2,1-6H3,(H,35,37). The summed E-state index contributed by atoms with van der Waals surface area (Å²) in [6.07, 6.45) is 1.35. The second-order valence-corrected chi connectivity index (χ2v) is 12.6. The summed E-state index contributed by atoms with van der Waals surface area (Å²) < 4.78 is 0. The number of nitrogens with one attached hydrogen (secondary N) is 1. The fourth-order valence-corrected chi connectivity index (χ4v) is 6.34. The van der Waals surface area contributed by atoms with Crippen molar-refractivity contribution in [1.82, 2.24) is 5.32 Å². The molecular weight excluding hydrogens is 486 g/mol. The molecule has 3 nitrogen and oxygen atoms in total. The minimum Gasteiger partial charge on any atom is -0.376 e. The number of carbonyl (C=O) groups excluding carboxylic acids is 1. The average molecular weight is 526 g/mol. The van der Waals surface area contributed by atoms with Gasteiger partial charge in [-0.1, -0.05) is 75.4 Å². The molecule has 0 aromatic heterocycles. The van der Waals surface area contributed by atoms with Crippen molar-refractivity contribution in [3.05, 3.63) is 99.6 Å². The number of rotatable bonds is 6. The van der Waals surface area contributed by atoms with Crippen LogP contribution in [0, 0.1) is 18.8 Å². The molecule has 38 heavy (non-hydrogen) atoms. The van der Waals surface area contributed by atoms with E-state index in [9.17, 15) is 9.90 Å². The van der Waals surface area contributed by atoms with Crippen LogP contribution in [-0.4, -0.2) is 17.6 Å². The molecule has 3 aromatic carbocycles. The molecule has 0 saturated carbocycles. The lowest BCUT2D eigenvalue weighted by molar-refractivity contribution is 0.0956. The molecular formula is C34H39NO2S. The number of fused-ring (bicyclic) bond motifs is 1. The molecule has 4 heteroatoms. The lowest BCUT2D eigenvalue weighted by atomic mass is 9.63. The summed E-state index contributed by atoms with van der Waals surface area (Å²) >= 11 is 1.85. The zero-order valence-electron chi connectivity index (χ0n) is 23.4. The molecule has 0 radical (unpaired) electrons. The number of carbonyl (C=O) groups is 1. The predicted octanol–water partition coefficient (Wildman–Crippen LogP) is 7.47. The van der Waals surface area contributed by atoms with E-state index >= 15 is 0 Å². The minimum absolute atomic E-state index is 0.0298. The van der Waals surface area contributed by atoms with Gasteiger partial charge in [0.05, 0.1) is 0 Å². The number of thioether (sulfide) groups is 1. The van der Waals surface area contributed by atoms with Crippen LogP contribution in [0.25, 0.3) is 0 Å². The predicted molar refractivity (Wildman–Crippen MR) is 159 cm³/mol. The third-order valence-electron chi connectivity index (χ3n) is 7.57. The highest BCUT2D eigenvalue weighted by molar-refractivity contribution is 7.98. The maximum Gasteiger partial charge on any atom is 0.251 e. The van der Waals surface area contributed by atoms with E-state index in [1.165, 1.54) is 27.1 Å². The lowest BCUT2D eigenvalue weighted by Crippen LogP contribution is -2.34. The smallest absolute Gasteiger partial charge is 0.251 e. The molecule has 0 spiro atoms. The maximum absolute atomic E-state index is 12.0. The number of amides is 1. The monoisotopic (exact) mass is 525 g/mol. The Morgan fingerprint density at radius 3 is 2.32 bits per heavy atom. The number of hydrogen-bond donors (Lipinski definition) is 2. The van der Waals surface area contributed by atoms with Crippen LogP contribution in [0.1, 0.15) is 97.3 Å². The van der Waals surface area contributed by atoms with Gasteiger partial charge in [0.25, 0.3) is 5.91 Å². The number of hydrogen-bond acceptors (Lipinski definition) is 3. The first-order chi connectivity index (χ1) is 18.0. The number of aliphatic hydroxyl groups is 1. The molecule has 2 N–H and O–H groups in total. The molecule has 4 rings (SSSR count). The van der Waals surface area contributed by atoms with E-state index in [0.717, 1.165) is 29.7 Å². The molecule has 0 fully saturated rings. The highest BCUT2D eigenvalue weighted by atomic mass is 32.2. The molecule has 0 heterocycles. The van der Waals surface area contributed by atoms with Crippen molar-refractivity contribution in [3.8, 4) is 11.8 Å². The Hall–Kier alpha value is -3.00. The van der Waals surface area contributed by atoms with Crippen molar-refractivity contribution >= 4 is 17.7 Å². The fraction of sp³-hybridized carbons (Fsp3) is 0.382. The normalized spacial score (nSPS) is 16.1. The second kappa shape index (κ2) is 11.4. The molecule has 0 aliphatic heterocycles. The van der Waals surface area contributed by atoms with Crippen LogP contribution in [0.3, 0.4) is 0 Å². The molecule has 1 aliphatic rings. The first kappa shape index (κ1) is 28.0. The second-order valence-electron chi connectivity index (χ2n) is 11.6. The van der Waals surface area contributed by atoms with Crippen LogP contribution >= 0.6 is 11.8 Å². The van der Waals surface area contributed by atoms with E-state index < -0.39 is 6.10 Å². The highest BCUT2D eigenvalue weighted by Crippen LogP contribution is 2.50. The van der Waals surface area contributed by atoms with Crippen molar-refractivity contribution in [2.45, 2.75) is 82.0 Å². The van der Waals surface area contributed by atoms with E-state index in [0.29, 0.717) is 12.1 Å². The van der Waals surface area contributed by atoms with Crippen molar-refractivity contribution in [3.63, 3.8) is 0 Å². The molecule has 0 bridgehead atoms. The molecule has 1 amide bonds. The van der Waals surface area contributed by atoms with E-state index in [1.807, 2.05) is 30.8 Å². The zero-order valence-corrected chi connectivity index (χ0v) is 24.3. The van der Waals surface area contributed by atoms with E-state index in [2.05, 4.69) is 88.2 Å². The summed E-state index contributed by atoms with van der Waals surface area (Å²) in [6.45, 7) is 13.9. The Morgan fingerprint density at radius 1 is 1.00 bits per heavy atom. The molecule has 198 valence electrons. The van der Waals surface area contributed by atoms with Crippen LogP contribution in [0.2, 0.25) is 0 Å². The van der Waals surface area contributed by atoms with E-state index in [1.54, 1.807) is 12.1 Å². The Labute approximate surface area is 232 Å². The van der Waals surface area contributed by atoms with Crippen molar-refractivity contribution in [2.24, 2.45) is 0 Å². The maximum atomic E-state index is 12.0. The van der Waals surface area contributed by atoms with Crippen LogP contribution in [0.5, 0.6) is 0 Å². The van der Waals surface area contributed by atoms with Crippen molar-refractivity contribution in [2.75, 3.05) is 6.54 Å². The third-order valence-corrected chi connectivity index (χ3v) is 8.68. The molecule has 1 atom stereocenters. The highest BCUT2D eigenvalue weighted by Gasteiger charge is 2.39. The lowest BCUT2D eigenvalue weighted by Gasteiger charge is -2.43. The van der Waals surface area contributed by atoms with Gasteiger partial charge in [-0.05, 0) is 90.1 Å². The average Bonchev–Trinajstić information content (AvgIpc) is 2.89. The minimum atomic E-state index is -0.900. The molecule has 1 aliphatic carbocycles. The molecule has 3 aromatic rings. The first-order valence-electron chi connectivity index (χ1n) is 13.5. The first-order valence-corrected chi connectivity index (χ1v) is 14.4. The van der Waals surface area contributed by atoms with Gasteiger partial charge in [-0.3, -0.25) is 4.79 Å². The summed E-state index contributed by atoms with van der Waals surface area (Å²) in [5, 5.41) is 14.0. The van der Waals surface area contributed by atoms with Gasteiger partial charge >= 0.3 is 0 Å². The fourth-order valence-electron chi connectivity index (χ4n) is 5.07. The summed E-state index contributed by atoms with van der Waals surface area (Å²) in [5.74, 6) is 6.94. The topological polar surface area (TPSA) is 49.3 Å². The zero-order chi connectivity index (χ0) is 27.5. The van der Waals surface area contributed by atoms with Gasteiger partial charge in [0, 0.05) is 28.3 Å². The number of benzene rings is 3. The van der Waals surface area contributed by atoms with Gasteiger partial charge in [-0.25, -0.2) is 0 Å². The SMILES string of the molecule is CCNC(=O)c1ccc(C#CC(O)c2cc(SCc3ccc(C)cc3)c3c(c2)C(C)(C)CCC3(C)C)cc1. The summed E-state index contributed by atoms with van der Waals surface area (Å²) in [7, 11) is 0. The van der Waals surface area contributed by atoms with Crippen LogP contribution < -0.4 is 5.32 Å². The van der Waals surface area contributed by atoms with Crippen LogP contribution in [0.4, 0.5) is 0 Å². The van der Waals surface area contributed by atoms with Gasteiger partial charge in [0.1, 0.15) is 6.10 Å². The quantitative estimate of drug-likeness (QED) is 0.259. The van der Waals surface area contributed by atoms with Gasteiger partial charge in [-0.15, -0.1) is 11.8 Å². The van der Waals surface area contributed by atoms with Crippen LogP contribution in [-0.2, 0) is 16.6 Å². The van der Waals surface area contributed by atoms with Crippen LogP contribution in [0.15, 0.2) is 65.6 Å². The summed E-state index contributed by atoms with van der Waals surface area (Å²) in [5.41, 5.74) is 7.61. The van der Waals surface area contributed by atoms with Crippen molar-refractivity contribution in [1.29, 1.82) is 0 Å². The Balaban J connectivity index is 1.67.